The van der Waals surface area contributed by atoms with Gasteiger partial charge in [-0.25, -0.2) is 9.97 Å². The number of piperidine rings is 1. The van der Waals surface area contributed by atoms with Crippen LogP contribution in [0.2, 0.25) is 0 Å². The number of ether oxygens (including phenoxy) is 1. The number of hydrogen-bond acceptors (Lipinski definition) is 6. The van der Waals surface area contributed by atoms with Gasteiger partial charge in [0.1, 0.15) is 5.88 Å². The van der Waals surface area contributed by atoms with E-state index in [1.165, 1.54) is 0 Å². The summed E-state index contributed by atoms with van der Waals surface area (Å²) in [6, 6.07) is 0.354. The molecule has 1 atom stereocenters. The van der Waals surface area contributed by atoms with E-state index >= 15 is 0 Å². The van der Waals surface area contributed by atoms with Crippen LogP contribution in [0.5, 0.6) is 6.01 Å². The molecule has 0 bridgehead atoms. The summed E-state index contributed by atoms with van der Waals surface area (Å²) in [5.74, 6) is 0.601. The van der Waals surface area contributed by atoms with Gasteiger partial charge in [-0.3, -0.25) is 4.79 Å². The summed E-state index contributed by atoms with van der Waals surface area (Å²) in [5.41, 5.74) is -0.00602. The van der Waals surface area contributed by atoms with Gasteiger partial charge in [-0.2, -0.15) is 0 Å². The van der Waals surface area contributed by atoms with Crippen LogP contribution in [0.4, 0.5) is 0 Å². The van der Waals surface area contributed by atoms with Gasteiger partial charge in [0.05, 0.1) is 17.8 Å². The van der Waals surface area contributed by atoms with Crippen molar-refractivity contribution in [3.63, 3.8) is 0 Å². The fourth-order valence-corrected chi connectivity index (χ4v) is 3.82. The molecular weight excluding hydrogens is 393 g/mol. The highest BCUT2D eigenvalue weighted by Gasteiger charge is 2.51. The second kappa shape index (κ2) is 9.19. The fourth-order valence-electron chi connectivity index (χ4n) is 3.65. The lowest BCUT2D eigenvalue weighted by atomic mass is 9.81. The van der Waals surface area contributed by atoms with Crippen molar-refractivity contribution in [2.75, 3.05) is 25.6 Å². The minimum absolute atomic E-state index is 0.0307. The monoisotopic (exact) mass is 423 g/mol. The number of nitrogens with zero attached hydrogens (tertiary/aromatic N) is 3. The van der Waals surface area contributed by atoms with Crippen LogP contribution in [0.3, 0.4) is 0 Å². The van der Waals surface area contributed by atoms with E-state index in [1.54, 1.807) is 12.4 Å². The molecule has 0 N–H and O–H groups in total. The highest BCUT2D eigenvalue weighted by Crippen LogP contribution is 2.36. The lowest BCUT2D eigenvalue weighted by molar-refractivity contribution is -0.130. The maximum absolute atomic E-state index is 11.8. The normalized spacial score (nSPS) is 23.3. The number of rotatable bonds is 7. The molecule has 2 saturated heterocycles. The third-order valence-electron chi connectivity index (χ3n) is 6.15. The molecule has 2 aliphatic rings. The van der Waals surface area contributed by atoms with Crippen molar-refractivity contribution < 1.29 is 18.8 Å². The van der Waals surface area contributed by atoms with Crippen LogP contribution in [0.25, 0.3) is 0 Å². The maximum Gasteiger partial charge on any atom is 0.498 e. The second-order valence-corrected chi connectivity index (χ2v) is 9.13. The van der Waals surface area contributed by atoms with E-state index in [0.29, 0.717) is 18.5 Å². The van der Waals surface area contributed by atoms with Gasteiger partial charge in [0.25, 0.3) is 0 Å². The average Bonchev–Trinajstić information content (AvgIpc) is 2.92. The molecule has 29 heavy (non-hydrogen) atoms. The Hall–Kier alpha value is -1.38. The van der Waals surface area contributed by atoms with E-state index in [-0.39, 0.29) is 11.8 Å². The summed E-state index contributed by atoms with van der Waals surface area (Å²) in [7, 11) is -0.473. The number of likely N-dealkylation sites (tertiary alicyclic amines) is 1. The number of hydrogen-bond donors (Lipinski definition) is 0. The van der Waals surface area contributed by atoms with Crippen LogP contribution in [-0.4, -0.2) is 64.7 Å². The third kappa shape index (κ3) is 5.41. The number of halogens is 1. The Bertz CT molecular complexity index is 685. The van der Waals surface area contributed by atoms with Gasteiger partial charge in [0.15, 0.2) is 0 Å². The van der Waals surface area contributed by atoms with Crippen LogP contribution in [0.15, 0.2) is 12.4 Å². The van der Waals surface area contributed by atoms with Crippen molar-refractivity contribution in [2.45, 2.75) is 64.6 Å². The summed E-state index contributed by atoms with van der Waals surface area (Å²) >= 11 is 5.67. The number of aromatic nitrogens is 2. The van der Waals surface area contributed by atoms with Gasteiger partial charge in [0.2, 0.25) is 5.91 Å². The molecule has 3 heterocycles. The predicted molar refractivity (Wildman–Crippen MR) is 113 cm³/mol. The summed E-state index contributed by atoms with van der Waals surface area (Å²) in [6.45, 7) is 10.2. The molecule has 0 unspecified atom stereocenters. The highest BCUT2D eigenvalue weighted by atomic mass is 35.5. The van der Waals surface area contributed by atoms with E-state index in [0.717, 1.165) is 44.2 Å². The Labute approximate surface area is 178 Å². The van der Waals surface area contributed by atoms with Gasteiger partial charge >= 0.3 is 13.1 Å². The fraction of sp³-hybridized carbons (Fsp3) is 0.750. The Balaban J connectivity index is 1.41. The Morgan fingerprint density at radius 3 is 2.55 bits per heavy atom. The lowest BCUT2D eigenvalue weighted by Crippen LogP contribution is -2.41. The Morgan fingerprint density at radius 2 is 1.93 bits per heavy atom. The minimum Gasteiger partial charge on any atom is -0.463 e. The lowest BCUT2D eigenvalue weighted by Gasteiger charge is -2.32. The Morgan fingerprint density at radius 1 is 1.28 bits per heavy atom. The number of carbonyl (C=O) groups excluding carboxylic acids is 1. The molecule has 1 aromatic heterocycles. The summed E-state index contributed by atoms with van der Waals surface area (Å²) in [6.07, 6.45) is 7.49. The average molecular weight is 424 g/mol. The largest absolute Gasteiger partial charge is 0.498 e. The number of amides is 1. The quantitative estimate of drug-likeness (QED) is 0.381. The van der Waals surface area contributed by atoms with Gasteiger partial charge in [-0.1, -0.05) is 0 Å². The van der Waals surface area contributed by atoms with Gasteiger partial charge in [-0.15, -0.1) is 11.6 Å². The van der Waals surface area contributed by atoms with E-state index in [4.69, 9.17) is 25.6 Å². The van der Waals surface area contributed by atoms with E-state index in [9.17, 15) is 4.79 Å². The summed E-state index contributed by atoms with van der Waals surface area (Å²) in [5, 5.41) is 0. The molecule has 0 radical (unpaired) electrons. The van der Waals surface area contributed by atoms with E-state index < -0.39 is 18.3 Å². The van der Waals surface area contributed by atoms with Crippen LogP contribution in [-0.2, 0) is 14.1 Å². The van der Waals surface area contributed by atoms with Crippen molar-refractivity contribution in [3.05, 3.63) is 12.4 Å². The molecule has 0 aliphatic carbocycles. The molecular formula is C20H31BClN3O4. The molecule has 1 amide bonds. The van der Waals surface area contributed by atoms with E-state index in [1.807, 2.05) is 32.6 Å². The molecule has 0 spiro atoms. The van der Waals surface area contributed by atoms with Crippen molar-refractivity contribution in [1.82, 2.24) is 14.9 Å². The van der Waals surface area contributed by atoms with Crippen molar-refractivity contribution in [1.29, 1.82) is 0 Å². The van der Waals surface area contributed by atoms with Gasteiger partial charge in [0, 0.05) is 30.9 Å². The highest BCUT2D eigenvalue weighted by molar-refractivity contribution is 6.61. The van der Waals surface area contributed by atoms with Crippen molar-refractivity contribution in [2.24, 2.45) is 5.92 Å². The molecule has 2 aliphatic heterocycles. The first-order valence-corrected chi connectivity index (χ1v) is 10.9. The smallest absolute Gasteiger partial charge is 0.463 e. The SMILES string of the molecule is CC1(C)OB(c2cnc(OCCC[C@H]3CCCN(C(=O)CCl)C3)nc2)OC1(C)C. The van der Waals surface area contributed by atoms with Crippen LogP contribution in [0, 0.1) is 5.92 Å². The first-order valence-electron chi connectivity index (χ1n) is 10.4. The van der Waals surface area contributed by atoms with E-state index in [2.05, 4.69) is 9.97 Å². The number of alkyl halides is 1. The zero-order valence-corrected chi connectivity index (χ0v) is 18.6. The standard InChI is InChI=1S/C20H31BClN3O4/c1-19(2)20(3,4)29-21(28-19)16-12-23-18(24-13-16)27-10-6-8-15-7-5-9-25(14-15)17(26)11-22/h12-13,15H,5-11,14H2,1-4H3/t15-/m1/s1. The molecule has 9 heteroatoms. The van der Waals surface area contributed by atoms with Crippen LogP contribution in [0.1, 0.15) is 53.4 Å². The van der Waals surface area contributed by atoms with Crippen LogP contribution < -0.4 is 10.2 Å². The van der Waals surface area contributed by atoms with Gasteiger partial charge < -0.3 is 18.9 Å². The molecule has 0 aromatic carbocycles. The van der Waals surface area contributed by atoms with Crippen molar-refractivity contribution >= 4 is 30.1 Å². The summed E-state index contributed by atoms with van der Waals surface area (Å²) in [4.78, 5) is 22.2. The topological polar surface area (TPSA) is 73.8 Å². The minimum atomic E-state index is -0.473. The molecule has 1 aromatic rings. The zero-order valence-electron chi connectivity index (χ0n) is 17.8. The van der Waals surface area contributed by atoms with Crippen LogP contribution >= 0.6 is 11.6 Å². The molecule has 160 valence electrons. The first-order chi connectivity index (χ1) is 13.7. The Kier molecular flexibility index (Phi) is 7.07. The van der Waals surface area contributed by atoms with Crippen molar-refractivity contribution in [3.8, 4) is 6.01 Å². The summed E-state index contributed by atoms with van der Waals surface area (Å²) < 4.78 is 17.7. The molecule has 2 fully saturated rings. The zero-order chi connectivity index (χ0) is 21.1. The van der Waals surface area contributed by atoms with Gasteiger partial charge in [-0.05, 0) is 59.3 Å². The molecule has 7 nitrogen and oxygen atoms in total. The second-order valence-electron chi connectivity index (χ2n) is 8.86. The molecule has 3 rings (SSSR count). The number of carbonyl (C=O) groups is 1. The third-order valence-corrected chi connectivity index (χ3v) is 6.38. The molecule has 0 saturated carbocycles. The maximum atomic E-state index is 11.8. The predicted octanol–water partition coefficient (Wildman–Crippen LogP) is 2.41. The first kappa shape index (κ1) is 22.3.